The van der Waals surface area contributed by atoms with Crippen molar-refractivity contribution in [2.24, 2.45) is 0 Å². The monoisotopic (exact) mass is 501 g/mol. The van der Waals surface area contributed by atoms with Crippen molar-refractivity contribution in [3.8, 4) is 11.1 Å². The van der Waals surface area contributed by atoms with Crippen LogP contribution in [0.5, 0.6) is 0 Å². The van der Waals surface area contributed by atoms with Gasteiger partial charge in [0.05, 0.1) is 18.8 Å². The first-order chi connectivity index (χ1) is 16.4. The molecule has 0 saturated heterocycles. The maximum atomic E-state index is 12.3. The fourth-order valence-electron chi connectivity index (χ4n) is 3.79. The molecule has 3 rings (SSSR count). The van der Waals surface area contributed by atoms with Gasteiger partial charge in [0.15, 0.2) is 0 Å². The summed E-state index contributed by atoms with van der Waals surface area (Å²) in [5.74, 6) is -0.272. The maximum absolute atomic E-state index is 12.3. The normalized spacial score (nSPS) is 13.8. The van der Waals surface area contributed by atoms with E-state index in [1.165, 1.54) is 7.11 Å². The molecular formula is C27H29Cl2NO4. The van der Waals surface area contributed by atoms with E-state index in [1.807, 2.05) is 66.7 Å². The molecule has 0 saturated carbocycles. The fraction of sp³-hybridized carbons (Fsp3) is 0.296. The van der Waals surface area contributed by atoms with Gasteiger partial charge in [-0.05, 0) is 53.8 Å². The zero-order chi connectivity index (χ0) is 24.5. The molecule has 3 aromatic carbocycles. The summed E-state index contributed by atoms with van der Waals surface area (Å²) < 4.78 is 11.1. The lowest BCUT2D eigenvalue weighted by Crippen LogP contribution is -2.51. The summed E-state index contributed by atoms with van der Waals surface area (Å²) >= 11 is 12.3. The molecule has 3 atom stereocenters. The number of rotatable bonds is 11. The zero-order valence-electron chi connectivity index (χ0n) is 19.2. The van der Waals surface area contributed by atoms with Gasteiger partial charge in [-0.1, -0.05) is 77.8 Å². The molecule has 0 heterocycles. The number of methoxy groups -OCH3 is 1. The Morgan fingerprint density at radius 2 is 1.59 bits per heavy atom. The van der Waals surface area contributed by atoms with Gasteiger partial charge in [0.25, 0.3) is 0 Å². The van der Waals surface area contributed by atoms with Crippen LogP contribution in [0.2, 0.25) is 10.0 Å². The van der Waals surface area contributed by atoms with E-state index in [2.05, 4.69) is 5.32 Å². The van der Waals surface area contributed by atoms with Crippen molar-refractivity contribution in [3.05, 3.63) is 94.0 Å². The van der Waals surface area contributed by atoms with E-state index in [-0.39, 0.29) is 12.5 Å². The van der Waals surface area contributed by atoms with E-state index in [0.29, 0.717) is 23.1 Å². The summed E-state index contributed by atoms with van der Waals surface area (Å²) in [5, 5.41) is 14.6. The predicted octanol–water partition coefficient (Wildman–Crippen LogP) is 5.30. The van der Waals surface area contributed by atoms with Gasteiger partial charge in [0.2, 0.25) is 5.91 Å². The fourth-order valence-corrected chi connectivity index (χ4v) is 4.32. The number of benzene rings is 3. The van der Waals surface area contributed by atoms with Gasteiger partial charge < -0.3 is 19.9 Å². The molecule has 0 aliphatic rings. The SMILES string of the molecule is COCC(=O)N[C@@H](Cc1ccc(-c2cc(Cl)cc(Cl)c2)cc1)[C@H](OCc1ccccc1)[C@H](C)O. The van der Waals surface area contributed by atoms with Gasteiger partial charge in [-0.25, -0.2) is 0 Å². The third kappa shape index (κ3) is 7.83. The van der Waals surface area contributed by atoms with Crippen molar-refractivity contribution in [1.82, 2.24) is 5.32 Å². The van der Waals surface area contributed by atoms with Gasteiger partial charge in [0.1, 0.15) is 12.7 Å². The van der Waals surface area contributed by atoms with Crippen molar-refractivity contribution in [1.29, 1.82) is 0 Å². The van der Waals surface area contributed by atoms with Crippen LogP contribution in [0.3, 0.4) is 0 Å². The third-order valence-corrected chi connectivity index (χ3v) is 5.82. The van der Waals surface area contributed by atoms with E-state index in [9.17, 15) is 9.90 Å². The lowest BCUT2D eigenvalue weighted by Gasteiger charge is -2.30. The number of carbonyl (C=O) groups excluding carboxylic acids is 1. The van der Waals surface area contributed by atoms with E-state index < -0.39 is 18.2 Å². The van der Waals surface area contributed by atoms with Crippen molar-refractivity contribution in [2.45, 2.75) is 38.2 Å². The van der Waals surface area contributed by atoms with Crippen LogP contribution in [-0.2, 0) is 27.3 Å². The Hall–Kier alpha value is -2.41. The number of amides is 1. The Morgan fingerprint density at radius 1 is 0.941 bits per heavy atom. The average molecular weight is 502 g/mol. The molecule has 1 amide bonds. The quantitative estimate of drug-likeness (QED) is 0.374. The van der Waals surface area contributed by atoms with Crippen LogP contribution in [0.25, 0.3) is 11.1 Å². The number of hydrogen-bond acceptors (Lipinski definition) is 4. The Morgan fingerprint density at radius 3 is 2.18 bits per heavy atom. The van der Waals surface area contributed by atoms with Crippen LogP contribution >= 0.6 is 23.2 Å². The molecule has 0 aromatic heterocycles. The Labute approximate surface area is 210 Å². The number of aliphatic hydroxyl groups excluding tert-OH is 1. The Kier molecular flexibility index (Phi) is 9.93. The molecule has 34 heavy (non-hydrogen) atoms. The summed E-state index contributed by atoms with van der Waals surface area (Å²) in [5.41, 5.74) is 3.86. The predicted molar refractivity (Wildman–Crippen MR) is 136 cm³/mol. The first-order valence-corrected chi connectivity index (χ1v) is 11.8. The van der Waals surface area contributed by atoms with E-state index in [4.69, 9.17) is 32.7 Å². The molecule has 3 aromatic rings. The van der Waals surface area contributed by atoms with Crippen LogP contribution in [0, 0.1) is 0 Å². The van der Waals surface area contributed by atoms with Gasteiger partial charge in [-0.2, -0.15) is 0 Å². The molecule has 0 bridgehead atoms. The first kappa shape index (κ1) is 26.2. The minimum absolute atomic E-state index is 0.0732. The number of carbonyl (C=O) groups is 1. The molecule has 5 nitrogen and oxygen atoms in total. The van der Waals surface area contributed by atoms with Crippen molar-refractivity contribution >= 4 is 29.1 Å². The van der Waals surface area contributed by atoms with E-state index >= 15 is 0 Å². The molecule has 180 valence electrons. The second kappa shape index (κ2) is 12.9. The number of nitrogens with one attached hydrogen (secondary N) is 1. The highest BCUT2D eigenvalue weighted by molar-refractivity contribution is 6.35. The maximum Gasteiger partial charge on any atom is 0.246 e. The smallest absolute Gasteiger partial charge is 0.246 e. The molecule has 0 radical (unpaired) electrons. The molecule has 0 fully saturated rings. The highest BCUT2D eigenvalue weighted by atomic mass is 35.5. The lowest BCUT2D eigenvalue weighted by atomic mass is 9.96. The summed E-state index contributed by atoms with van der Waals surface area (Å²) in [6.07, 6.45) is -0.951. The van der Waals surface area contributed by atoms with Gasteiger partial charge in [-0.15, -0.1) is 0 Å². The number of hydrogen-bond donors (Lipinski definition) is 2. The standard InChI is InChI=1S/C27H29Cl2NO4/c1-18(31)27(34-16-20-6-4-3-5-7-20)25(30-26(32)17-33-2)12-19-8-10-21(11-9-19)22-13-23(28)15-24(29)14-22/h3-11,13-15,18,25,27,31H,12,16-17H2,1-2H3,(H,30,32)/t18-,25-,27+/m0/s1. The van der Waals surface area contributed by atoms with Crippen LogP contribution < -0.4 is 5.32 Å². The first-order valence-electron chi connectivity index (χ1n) is 11.0. The van der Waals surface area contributed by atoms with Gasteiger partial charge >= 0.3 is 0 Å². The molecule has 7 heteroatoms. The van der Waals surface area contributed by atoms with Gasteiger partial charge in [0, 0.05) is 17.2 Å². The molecule has 0 spiro atoms. The highest BCUT2D eigenvalue weighted by Crippen LogP contribution is 2.28. The topological polar surface area (TPSA) is 67.8 Å². The third-order valence-electron chi connectivity index (χ3n) is 5.38. The molecule has 0 aliphatic carbocycles. The largest absolute Gasteiger partial charge is 0.391 e. The summed E-state index contributed by atoms with van der Waals surface area (Å²) in [4.78, 5) is 12.3. The highest BCUT2D eigenvalue weighted by Gasteiger charge is 2.28. The van der Waals surface area contributed by atoms with E-state index in [0.717, 1.165) is 22.3 Å². The number of ether oxygens (including phenoxy) is 2. The molecule has 0 aliphatic heterocycles. The van der Waals surface area contributed by atoms with Crippen LogP contribution in [0.4, 0.5) is 0 Å². The summed E-state index contributed by atoms with van der Waals surface area (Å²) in [6, 6.07) is 22.6. The zero-order valence-corrected chi connectivity index (χ0v) is 20.7. The van der Waals surface area contributed by atoms with Crippen LogP contribution in [0.1, 0.15) is 18.1 Å². The van der Waals surface area contributed by atoms with Crippen LogP contribution in [0.15, 0.2) is 72.8 Å². The van der Waals surface area contributed by atoms with Crippen molar-refractivity contribution < 1.29 is 19.4 Å². The average Bonchev–Trinajstić information content (AvgIpc) is 2.79. The molecule has 2 N–H and O–H groups in total. The van der Waals surface area contributed by atoms with Crippen molar-refractivity contribution in [3.63, 3.8) is 0 Å². The Bertz CT molecular complexity index is 1040. The minimum Gasteiger partial charge on any atom is -0.391 e. The number of aliphatic hydroxyl groups is 1. The second-order valence-electron chi connectivity index (χ2n) is 8.17. The van der Waals surface area contributed by atoms with E-state index in [1.54, 1.807) is 13.0 Å². The van der Waals surface area contributed by atoms with Crippen molar-refractivity contribution in [2.75, 3.05) is 13.7 Å². The van der Waals surface area contributed by atoms with Gasteiger partial charge in [-0.3, -0.25) is 4.79 Å². The number of halogens is 2. The molecule has 0 unspecified atom stereocenters. The minimum atomic E-state index is -0.801. The molecular weight excluding hydrogens is 473 g/mol. The van der Waals surface area contributed by atoms with Crippen LogP contribution in [-0.4, -0.2) is 43.0 Å². The lowest BCUT2D eigenvalue weighted by molar-refractivity contribution is -0.128. The Balaban J connectivity index is 1.79. The second-order valence-corrected chi connectivity index (χ2v) is 9.04. The summed E-state index contributed by atoms with van der Waals surface area (Å²) in [7, 11) is 1.47. The summed E-state index contributed by atoms with van der Waals surface area (Å²) in [6.45, 7) is 1.91.